The van der Waals surface area contributed by atoms with E-state index in [2.05, 4.69) is 25.8 Å². The molecule has 0 amide bonds. The quantitative estimate of drug-likeness (QED) is 0.718. The summed E-state index contributed by atoms with van der Waals surface area (Å²) in [6.07, 6.45) is 11.2. The van der Waals surface area contributed by atoms with E-state index < -0.39 is 0 Å². The van der Waals surface area contributed by atoms with Crippen molar-refractivity contribution in [1.82, 2.24) is 4.90 Å². The normalized spacial score (nSPS) is 29.5. The summed E-state index contributed by atoms with van der Waals surface area (Å²) in [4.78, 5) is 14.6. The molecule has 2 nitrogen and oxygen atoms in total. The zero-order valence-electron chi connectivity index (χ0n) is 13.1. The fourth-order valence-corrected chi connectivity index (χ4v) is 3.91. The molecule has 0 bridgehead atoms. The number of nitrogens with zero attached hydrogens (tertiary/aromatic N) is 1. The third-order valence-electron chi connectivity index (χ3n) is 5.26. The van der Waals surface area contributed by atoms with Crippen LogP contribution >= 0.6 is 0 Å². The molecule has 0 aromatic heterocycles. The van der Waals surface area contributed by atoms with Crippen LogP contribution in [0.4, 0.5) is 0 Å². The highest BCUT2D eigenvalue weighted by molar-refractivity contribution is 5.82. The van der Waals surface area contributed by atoms with Gasteiger partial charge in [-0.05, 0) is 38.1 Å². The minimum Gasteiger partial charge on any atom is -0.303 e. The molecule has 2 heteroatoms. The molecule has 2 saturated carbocycles. The molecule has 1 atom stereocenters. The predicted octanol–water partition coefficient (Wildman–Crippen LogP) is 4.04. The Kier molecular flexibility index (Phi) is 5.05. The van der Waals surface area contributed by atoms with Gasteiger partial charge in [-0.1, -0.05) is 39.5 Å². The first-order valence-corrected chi connectivity index (χ1v) is 8.21. The van der Waals surface area contributed by atoms with E-state index in [4.69, 9.17) is 0 Å². The topological polar surface area (TPSA) is 20.3 Å². The Morgan fingerprint density at radius 2 is 1.79 bits per heavy atom. The van der Waals surface area contributed by atoms with Gasteiger partial charge in [0.2, 0.25) is 0 Å². The molecular weight excluding hydrogens is 234 g/mol. The molecule has 2 fully saturated rings. The molecule has 0 aromatic carbocycles. The molecule has 2 aliphatic rings. The van der Waals surface area contributed by atoms with E-state index in [1.165, 1.54) is 38.5 Å². The number of hydrogen-bond acceptors (Lipinski definition) is 2. The molecule has 0 aliphatic heterocycles. The highest BCUT2D eigenvalue weighted by Gasteiger charge is 2.34. The van der Waals surface area contributed by atoms with E-state index in [9.17, 15) is 4.79 Å². The van der Waals surface area contributed by atoms with Gasteiger partial charge in [-0.2, -0.15) is 0 Å². The summed E-state index contributed by atoms with van der Waals surface area (Å²) in [5.41, 5.74) is 0.364. The summed E-state index contributed by atoms with van der Waals surface area (Å²) in [6, 6.07) is 0.723. The van der Waals surface area contributed by atoms with Crippen molar-refractivity contribution in [3.8, 4) is 0 Å². The average Bonchev–Trinajstić information content (AvgIpc) is 2.62. The lowest BCUT2D eigenvalue weighted by molar-refractivity contribution is -0.127. The van der Waals surface area contributed by atoms with Crippen molar-refractivity contribution in [2.75, 3.05) is 13.6 Å². The summed E-state index contributed by atoms with van der Waals surface area (Å²) in [5, 5.41) is 0. The van der Waals surface area contributed by atoms with Crippen LogP contribution in [0.15, 0.2) is 0 Å². The molecule has 0 radical (unpaired) electrons. The van der Waals surface area contributed by atoms with Crippen LogP contribution in [0.25, 0.3) is 0 Å². The van der Waals surface area contributed by atoms with Crippen LogP contribution in [0, 0.1) is 11.3 Å². The Morgan fingerprint density at radius 1 is 1.16 bits per heavy atom. The maximum absolute atomic E-state index is 12.1. The number of rotatable bonds is 3. The van der Waals surface area contributed by atoms with Crippen LogP contribution < -0.4 is 0 Å². The standard InChI is InChI=1S/C17H31NO/c1-17(2)11-10-16(19)14(12-17)13-18(3)15-8-6-4-5-7-9-15/h14-15H,4-13H2,1-3H3. The summed E-state index contributed by atoms with van der Waals surface area (Å²) < 4.78 is 0. The highest BCUT2D eigenvalue weighted by atomic mass is 16.1. The molecule has 110 valence electrons. The smallest absolute Gasteiger partial charge is 0.137 e. The van der Waals surface area contributed by atoms with Gasteiger partial charge in [0, 0.05) is 24.9 Å². The second-order valence-electron chi connectivity index (χ2n) is 7.62. The van der Waals surface area contributed by atoms with Crippen LogP contribution in [0.1, 0.15) is 71.6 Å². The van der Waals surface area contributed by atoms with Gasteiger partial charge in [-0.25, -0.2) is 0 Å². The maximum atomic E-state index is 12.1. The number of carbonyl (C=O) groups is 1. The number of ketones is 1. The van der Waals surface area contributed by atoms with Crippen LogP contribution in [0.3, 0.4) is 0 Å². The zero-order chi connectivity index (χ0) is 13.9. The number of carbonyl (C=O) groups excluding carboxylic acids is 1. The molecule has 0 spiro atoms. The fourth-order valence-electron chi connectivity index (χ4n) is 3.91. The lowest BCUT2D eigenvalue weighted by Gasteiger charge is -2.37. The number of Topliss-reactive ketones (excluding diaryl/α,β-unsaturated/α-hetero) is 1. The Morgan fingerprint density at radius 3 is 2.42 bits per heavy atom. The fraction of sp³-hybridized carbons (Fsp3) is 0.941. The second-order valence-corrected chi connectivity index (χ2v) is 7.62. The van der Waals surface area contributed by atoms with Crippen molar-refractivity contribution in [1.29, 1.82) is 0 Å². The van der Waals surface area contributed by atoms with Crippen molar-refractivity contribution in [3.63, 3.8) is 0 Å². The van der Waals surface area contributed by atoms with E-state index >= 15 is 0 Å². The van der Waals surface area contributed by atoms with Crippen LogP contribution in [0.2, 0.25) is 0 Å². The monoisotopic (exact) mass is 265 g/mol. The van der Waals surface area contributed by atoms with Crippen molar-refractivity contribution in [3.05, 3.63) is 0 Å². The maximum Gasteiger partial charge on any atom is 0.137 e. The minimum absolute atomic E-state index is 0.289. The van der Waals surface area contributed by atoms with Crippen molar-refractivity contribution in [2.24, 2.45) is 11.3 Å². The summed E-state index contributed by atoms with van der Waals surface area (Å²) in [6.45, 7) is 5.63. The average molecular weight is 265 g/mol. The van der Waals surface area contributed by atoms with E-state index in [0.717, 1.165) is 31.8 Å². The van der Waals surface area contributed by atoms with Crippen molar-refractivity contribution in [2.45, 2.75) is 77.7 Å². The minimum atomic E-state index is 0.289. The van der Waals surface area contributed by atoms with Crippen molar-refractivity contribution < 1.29 is 4.79 Å². The largest absolute Gasteiger partial charge is 0.303 e. The molecule has 19 heavy (non-hydrogen) atoms. The van der Waals surface area contributed by atoms with Gasteiger partial charge < -0.3 is 4.90 Å². The van der Waals surface area contributed by atoms with E-state index in [0.29, 0.717) is 11.2 Å². The second kappa shape index (κ2) is 6.39. The third-order valence-corrected chi connectivity index (χ3v) is 5.26. The van der Waals surface area contributed by atoms with Gasteiger partial charge in [0.05, 0.1) is 0 Å². The molecule has 0 heterocycles. The Hall–Kier alpha value is -0.370. The number of hydrogen-bond donors (Lipinski definition) is 0. The third kappa shape index (κ3) is 4.30. The first kappa shape index (κ1) is 15.0. The van der Waals surface area contributed by atoms with Gasteiger partial charge >= 0.3 is 0 Å². The molecule has 0 aromatic rings. The van der Waals surface area contributed by atoms with Crippen LogP contribution in [-0.4, -0.2) is 30.3 Å². The Labute approximate surface area is 118 Å². The molecule has 2 rings (SSSR count). The molecule has 1 unspecified atom stereocenters. The molecular formula is C17H31NO. The van der Waals surface area contributed by atoms with Gasteiger partial charge in [-0.15, -0.1) is 0 Å². The van der Waals surface area contributed by atoms with Gasteiger partial charge in [0.25, 0.3) is 0 Å². The lowest BCUT2D eigenvalue weighted by Crippen LogP contribution is -2.41. The van der Waals surface area contributed by atoms with Crippen molar-refractivity contribution >= 4 is 5.78 Å². The van der Waals surface area contributed by atoms with E-state index in [1.807, 2.05) is 0 Å². The van der Waals surface area contributed by atoms with E-state index in [-0.39, 0.29) is 5.92 Å². The predicted molar refractivity (Wildman–Crippen MR) is 80.2 cm³/mol. The Bertz CT molecular complexity index is 302. The Balaban J connectivity index is 1.89. The first-order valence-electron chi connectivity index (χ1n) is 8.21. The zero-order valence-corrected chi connectivity index (χ0v) is 13.1. The SMILES string of the molecule is CN(CC1CC(C)(C)CCC1=O)C1CCCCCC1. The van der Waals surface area contributed by atoms with Crippen LogP contribution in [0.5, 0.6) is 0 Å². The highest BCUT2D eigenvalue weighted by Crippen LogP contribution is 2.37. The summed E-state index contributed by atoms with van der Waals surface area (Å²) in [7, 11) is 2.24. The first-order chi connectivity index (χ1) is 8.98. The molecule has 2 aliphatic carbocycles. The summed E-state index contributed by atoms with van der Waals surface area (Å²) >= 11 is 0. The lowest BCUT2D eigenvalue weighted by atomic mass is 9.71. The van der Waals surface area contributed by atoms with Crippen LogP contribution in [-0.2, 0) is 4.79 Å². The summed E-state index contributed by atoms with van der Waals surface area (Å²) in [5.74, 6) is 0.803. The molecule has 0 saturated heterocycles. The van der Waals surface area contributed by atoms with E-state index in [1.54, 1.807) is 0 Å². The van der Waals surface area contributed by atoms with Gasteiger partial charge in [0.1, 0.15) is 5.78 Å². The van der Waals surface area contributed by atoms with Gasteiger partial charge in [0.15, 0.2) is 0 Å². The van der Waals surface area contributed by atoms with Gasteiger partial charge in [-0.3, -0.25) is 4.79 Å². The molecule has 0 N–H and O–H groups in total.